The van der Waals surface area contributed by atoms with E-state index in [1.807, 2.05) is 32.9 Å². The minimum Gasteiger partial charge on any atom is -0.480 e. The Kier molecular flexibility index (Phi) is 7.70. The lowest BCUT2D eigenvalue weighted by molar-refractivity contribution is -0.128. The summed E-state index contributed by atoms with van der Waals surface area (Å²) in [7, 11) is 0. The summed E-state index contributed by atoms with van der Waals surface area (Å²) in [5, 5.41) is 3.03. The van der Waals surface area contributed by atoms with Crippen LogP contribution in [0, 0.1) is 13.8 Å². The molecule has 0 unspecified atom stereocenters. The van der Waals surface area contributed by atoms with Gasteiger partial charge < -0.3 is 10.1 Å². The van der Waals surface area contributed by atoms with E-state index in [1.165, 1.54) is 37.9 Å². The Morgan fingerprint density at radius 1 is 1.03 bits per heavy atom. The van der Waals surface area contributed by atoms with E-state index in [1.54, 1.807) is 0 Å². The van der Waals surface area contributed by atoms with Crippen LogP contribution in [-0.2, 0) is 17.9 Å². The van der Waals surface area contributed by atoms with Crippen molar-refractivity contribution in [2.45, 2.75) is 65.6 Å². The second kappa shape index (κ2) is 10.4. The van der Waals surface area contributed by atoms with Crippen molar-refractivity contribution >= 4 is 5.91 Å². The SMILES string of the molecule is CC[C@@H](Oc1cc(C)ccc1C)C(=O)NCc1ccc(CN2CCCCC2)cc1. The van der Waals surface area contributed by atoms with Gasteiger partial charge in [0.15, 0.2) is 6.10 Å². The average molecular weight is 395 g/mol. The zero-order chi connectivity index (χ0) is 20.6. The van der Waals surface area contributed by atoms with Gasteiger partial charge in [-0.3, -0.25) is 9.69 Å². The Morgan fingerprint density at radius 3 is 2.41 bits per heavy atom. The van der Waals surface area contributed by atoms with Gasteiger partial charge >= 0.3 is 0 Å². The summed E-state index contributed by atoms with van der Waals surface area (Å²) in [6.45, 7) is 9.97. The van der Waals surface area contributed by atoms with Crippen LogP contribution in [0.3, 0.4) is 0 Å². The standard InChI is InChI=1S/C25H34N2O2/c1-4-23(29-24-16-19(2)8-9-20(24)3)25(28)26-17-21-10-12-22(13-11-21)18-27-14-6-5-7-15-27/h8-13,16,23H,4-7,14-15,17-18H2,1-3H3,(H,26,28)/t23-/m1/s1. The molecule has 29 heavy (non-hydrogen) atoms. The molecule has 1 N–H and O–H groups in total. The molecule has 1 fully saturated rings. The Morgan fingerprint density at radius 2 is 1.72 bits per heavy atom. The molecule has 2 aromatic carbocycles. The fraction of sp³-hybridized carbons (Fsp3) is 0.480. The van der Waals surface area contributed by atoms with Gasteiger partial charge in [0.25, 0.3) is 5.91 Å². The molecular weight excluding hydrogens is 360 g/mol. The highest BCUT2D eigenvalue weighted by molar-refractivity contribution is 5.81. The monoisotopic (exact) mass is 394 g/mol. The van der Waals surface area contributed by atoms with E-state index in [4.69, 9.17) is 4.74 Å². The summed E-state index contributed by atoms with van der Waals surface area (Å²) in [5.74, 6) is 0.722. The van der Waals surface area contributed by atoms with Crippen molar-refractivity contribution in [2.24, 2.45) is 0 Å². The van der Waals surface area contributed by atoms with E-state index < -0.39 is 6.10 Å². The number of benzene rings is 2. The number of nitrogens with one attached hydrogen (secondary N) is 1. The summed E-state index contributed by atoms with van der Waals surface area (Å²) in [5.41, 5.74) is 4.63. The molecule has 0 bridgehead atoms. The van der Waals surface area contributed by atoms with E-state index in [-0.39, 0.29) is 5.91 Å². The first-order chi connectivity index (χ1) is 14.0. The van der Waals surface area contributed by atoms with Crippen LogP contribution in [0.5, 0.6) is 5.75 Å². The zero-order valence-corrected chi connectivity index (χ0v) is 18.0. The third kappa shape index (κ3) is 6.33. The number of likely N-dealkylation sites (tertiary alicyclic amines) is 1. The van der Waals surface area contributed by atoms with Crippen molar-refractivity contribution in [1.82, 2.24) is 10.2 Å². The lowest BCUT2D eigenvalue weighted by Gasteiger charge is -2.26. The van der Waals surface area contributed by atoms with Gasteiger partial charge in [0.1, 0.15) is 5.75 Å². The van der Waals surface area contributed by atoms with E-state index in [9.17, 15) is 4.79 Å². The van der Waals surface area contributed by atoms with Crippen LogP contribution >= 0.6 is 0 Å². The molecule has 156 valence electrons. The van der Waals surface area contributed by atoms with Gasteiger partial charge in [-0.2, -0.15) is 0 Å². The molecule has 0 saturated carbocycles. The highest BCUT2D eigenvalue weighted by Crippen LogP contribution is 2.21. The van der Waals surface area contributed by atoms with Crippen molar-refractivity contribution < 1.29 is 9.53 Å². The van der Waals surface area contributed by atoms with Crippen molar-refractivity contribution in [3.8, 4) is 5.75 Å². The van der Waals surface area contributed by atoms with E-state index in [2.05, 4.69) is 40.5 Å². The molecule has 0 radical (unpaired) electrons. The maximum Gasteiger partial charge on any atom is 0.261 e. The second-order valence-electron chi connectivity index (χ2n) is 8.15. The maximum absolute atomic E-state index is 12.6. The summed E-state index contributed by atoms with van der Waals surface area (Å²) >= 11 is 0. The van der Waals surface area contributed by atoms with Crippen LogP contribution < -0.4 is 10.1 Å². The Bertz CT molecular complexity index is 795. The van der Waals surface area contributed by atoms with Crippen LogP contribution in [0.4, 0.5) is 0 Å². The number of aryl methyl sites for hydroxylation is 2. The minimum atomic E-state index is -0.478. The number of carbonyl (C=O) groups excluding carboxylic acids is 1. The molecule has 1 aliphatic rings. The molecule has 0 aliphatic carbocycles. The van der Waals surface area contributed by atoms with Gasteiger partial charge in [-0.25, -0.2) is 0 Å². The molecule has 4 heteroatoms. The van der Waals surface area contributed by atoms with Crippen LogP contribution in [0.15, 0.2) is 42.5 Å². The third-order valence-corrected chi connectivity index (χ3v) is 5.62. The van der Waals surface area contributed by atoms with Gasteiger partial charge in [0.2, 0.25) is 0 Å². The summed E-state index contributed by atoms with van der Waals surface area (Å²) in [6.07, 6.45) is 4.14. The Hall–Kier alpha value is -2.33. The van der Waals surface area contributed by atoms with Crippen molar-refractivity contribution in [3.63, 3.8) is 0 Å². The number of ether oxygens (including phenoxy) is 1. The van der Waals surface area contributed by atoms with Gasteiger partial charge in [0, 0.05) is 13.1 Å². The molecule has 0 spiro atoms. The van der Waals surface area contributed by atoms with E-state index in [0.29, 0.717) is 13.0 Å². The molecule has 1 amide bonds. The van der Waals surface area contributed by atoms with Crippen molar-refractivity contribution in [1.29, 1.82) is 0 Å². The molecule has 4 nitrogen and oxygen atoms in total. The van der Waals surface area contributed by atoms with E-state index >= 15 is 0 Å². The molecule has 1 saturated heterocycles. The fourth-order valence-corrected chi connectivity index (χ4v) is 3.75. The highest BCUT2D eigenvalue weighted by Gasteiger charge is 2.19. The number of carbonyl (C=O) groups is 1. The first kappa shape index (κ1) is 21.4. The number of rotatable bonds is 8. The summed E-state index contributed by atoms with van der Waals surface area (Å²) < 4.78 is 6.01. The van der Waals surface area contributed by atoms with Gasteiger partial charge in [-0.1, -0.05) is 49.7 Å². The smallest absolute Gasteiger partial charge is 0.261 e. The van der Waals surface area contributed by atoms with Crippen molar-refractivity contribution in [3.05, 3.63) is 64.7 Å². The fourth-order valence-electron chi connectivity index (χ4n) is 3.75. The van der Waals surface area contributed by atoms with Crippen molar-refractivity contribution in [2.75, 3.05) is 13.1 Å². The third-order valence-electron chi connectivity index (χ3n) is 5.62. The van der Waals surface area contributed by atoms with Crippen LogP contribution in [0.25, 0.3) is 0 Å². The van der Waals surface area contributed by atoms with Crippen LogP contribution in [0.1, 0.15) is 54.9 Å². The summed E-state index contributed by atoms with van der Waals surface area (Å²) in [6, 6.07) is 14.7. The Labute approximate surface area is 175 Å². The molecule has 3 rings (SSSR count). The molecule has 1 heterocycles. The molecule has 1 aliphatic heterocycles. The first-order valence-corrected chi connectivity index (χ1v) is 10.9. The van der Waals surface area contributed by atoms with E-state index in [0.717, 1.165) is 29.0 Å². The number of hydrogen-bond donors (Lipinski definition) is 1. The lowest BCUT2D eigenvalue weighted by Crippen LogP contribution is -2.37. The molecule has 2 aromatic rings. The predicted octanol–water partition coefficient (Wildman–Crippen LogP) is 4.76. The predicted molar refractivity (Wildman–Crippen MR) is 118 cm³/mol. The zero-order valence-electron chi connectivity index (χ0n) is 18.0. The number of amides is 1. The number of hydrogen-bond acceptors (Lipinski definition) is 3. The van der Waals surface area contributed by atoms with Gasteiger partial charge in [0.05, 0.1) is 0 Å². The van der Waals surface area contributed by atoms with Gasteiger partial charge in [-0.15, -0.1) is 0 Å². The summed E-state index contributed by atoms with van der Waals surface area (Å²) in [4.78, 5) is 15.2. The largest absolute Gasteiger partial charge is 0.480 e. The van der Waals surface area contributed by atoms with Crippen LogP contribution in [-0.4, -0.2) is 30.0 Å². The number of piperidine rings is 1. The van der Waals surface area contributed by atoms with Crippen LogP contribution in [0.2, 0.25) is 0 Å². The second-order valence-corrected chi connectivity index (χ2v) is 8.15. The molecule has 1 atom stereocenters. The maximum atomic E-state index is 12.6. The van der Waals surface area contributed by atoms with Gasteiger partial charge in [-0.05, 0) is 74.5 Å². The molecular formula is C25H34N2O2. The number of nitrogens with zero attached hydrogens (tertiary/aromatic N) is 1. The molecule has 0 aromatic heterocycles. The lowest BCUT2D eigenvalue weighted by atomic mass is 10.1. The quantitative estimate of drug-likeness (QED) is 0.702. The normalized spacial score (nSPS) is 15.7. The Balaban J connectivity index is 1.51. The average Bonchev–Trinajstić information content (AvgIpc) is 2.74. The minimum absolute atomic E-state index is 0.0641. The topological polar surface area (TPSA) is 41.6 Å². The first-order valence-electron chi connectivity index (χ1n) is 10.9. The highest BCUT2D eigenvalue weighted by atomic mass is 16.5.